The van der Waals surface area contributed by atoms with Crippen molar-refractivity contribution in [1.29, 1.82) is 0 Å². The monoisotopic (exact) mass is 721 g/mol. The van der Waals surface area contributed by atoms with Crippen LogP contribution in [-0.2, 0) is 10.8 Å². The average Bonchev–Trinajstić information content (AvgIpc) is 3.82. The van der Waals surface area contributed by atoms with Crippen LogP contribution in [0.1, 0.15) is 49.9 Å². The van der Waals surface area contributed by atoms with Crippen molar-refractivity contribution in [2.24, 2.45) is 0 Å². The van der Waals surface area contributed by atoms with Crippen LogP contribution in [0.5, 0.6) is 0 Å². The van der Waals surface area contributed by atoms with Crippen molar-refractivity contribution in [3.8, 4) is 44.9 Å². The quantitative estimate of drug-likeness (QED) is 0.177. The maximum atomic E-state index is 6.61. The van der Waals surface area contributed by atoms with Gasteiger partial charge in [0.25, 0.3) is 0 Å². The maximum Gasteiger partial charge on any atom is 0.180 e. The fourth-order valence-electron chi connectivity index (χ4n) is 9.76. The van der Waals surface area contributed by atoms with Gasteiger partial charge in [0, 0.05) is 38.7 Å². The molecule has 0 atom stereocenters. The predicted molar refractivity (Wildman–Crippen MR) is 230 cm³/mol. The van der Waals surface area contributed by atoms with Gasteiger partial charge in [-0.15, -0.1) is 0 Å². The standard InChI is InChI=1S/C52H39N3O/c1-51(2)38-29-17-14-26-35(38)41-43(50-53-46(32-20-8-5-9-21-32)49-47(54-50)37-28-16-19-31-40(37)56-49)42-36-27-15-18-30-39(36)52(3,4)45(42)48(44(41)51)55(33-22-10-6-11-23-33)34-24-12-7-13-25-34/h5-31H,1-4H3. The summed E-state index contributed by atoms with van der Waals surface area (Å²) in [6, 6.07) is 58.2. The Morgan fingerprint density at radius 3 is 1.54 bits per heavy atom. The number of hydrogen-bond acceptors (Lipinski definition) is 4. The summed E-state index contributed by atoms with van der Waals surface area (Å²) in [4.78, 5) is 13.7. The van der Waals surface area contributed by atoms with E-state index in [2.05, 4.69) is 178 Å². The molecule has 268 valence electrons. The molecule has 0 saturated heterocycles. The van der Waals surface area contributed by atoms with Crippen molar-refractivity contribution >= 4 is 39.1 Å². The van der Waals surface area contributed by atoms with E-state index in [1.54, 1.807) is 0 Å². The maximum absolute atomic E-state index is 6.61. The van der Waals surface area contributed by atoms with Crippen molar-refractivity contribution in [2.75, 3.05) is 4.90 Å². The molecule has 56 heavy (non-hydrogen) atoms. The lowest BCUT2D eigenvalue weighted by atomic mass is 9.74. The topological polar surface area (TPSA) is 42.2 Å². The third kappa shape index (κ3) is 4.47. The van der Waals surface area contributed by atoms with E-state index in [1.165, 1.54) is 50.2 Å². The predicted octanol–water partition coefficient (Wildman–Crippen LogP) is 13.8. The van der Waals surface area contributed by atoms with Gasteiger partial charge >= 0.3 is 0 Å². The number of rotatable bonds is 5. The first kappa shape index (κ1) is 32.6. The summed E-state index contributed by atoms with van der Waals surface area (Å²) >= 11 is 0. The second kappa shape index (κ2) is 11.9. The molecule has 0 amide bonds. The molecular formula is C52H39N3O. The summed E-state index contributed by atoms with van der Waals surface area (Å²) in [6.07, 6.45) is 0. The van der Waals surface area contributed by atoms with Crippen molar-refractivity contribution in [1.82, 2.24) is 9.97 Å². The van der Waals surface area contributed by atoms with Crippen LogP contribution in [0.2, 0.25) is 0 Å². The van der Waals surface area contributed by atoms with Crippen LogP contribution in [0.25, 0.3) is 67.0 Å². The van der Waals surface area contributed by atoms with E-state index in [4.69, 9.17) is 14.4 Å². The molecule has 7 aromatic carbocycles. The molecule has 0 aliphatic heterocycles. The minimum Gasteiger partial charge on any atom is -0.452 e. The Balaban J connectivity index is 1.38. The highest BCUT2D eigenvalue weighted by Crippen LogP contribution is 2.66. The van der Waals surface area contributed by atoms with Crippen LogP contribution >= 0.6 is 0 Å². The minimum absolute atomic E-state index is 0.369. The smallest absolute Gasteiger partial charge is 0.180 e. The van der Waals surface area contributed by atoms with Gasteiger partial charge in [0.2, 0.25) is 0 Å². The zero-order valence-corrected chi connectivity index (χ0v) is 31.8. The van der Waals surface area contributed by atoms with E-state index in [9.17, 15) is 0 Å². The van der Waals surface area contributed by atoms with Crippen molar-refractivity contribution in [3.05, 3.63) is 186 Å². The molecule has 0 bridgehead atoms. The number of hydrogen-bond donors (Lipinski definition) is 0. The molecule has 2 heterocycles. The number of furan rings is 1. The molecular weight excluding hydrogens is 683 g/mol. The summed E-state index contributed by atoms with van der Waals surface area (Å²) in [6.45, 7) is 9.57. The highest BCUT2D eigenvalue weighted by atomic mass is 16.3. The number of anilines is 3. The first-order valence-electron chi connectivity index (χ1n) is 19.4. The van der Waals surface area contributed by atoms with Gasteiger partial charge in [-0.3, -0.25) is 0 Å². The van der Waals surface area contributed by atoms with Gasteiger partial charge in [-0.25, -0.2) is 9.97 Å². The van der Waals surface area contributed by atoms with Gasteiger partial charge < -0.3 is 9.32 Å². The molecule has 11 rings (SSSR count). The molecule has 4 nitrogen and oxygen atoms in total. The van der Waals surface area contributed by atoms with Crippen LogP contribution in [0.15, 0.2) is 168 Å². The summed E-state index contributed by atoms with van der Waals surface area (Å²) < 4.78 is 6.61. The zero-order chi connectivity index (χ0) is 37.8. The SMILES string of the molecule is CC1(C)c2ccccc2-c2c(-c3nc(-c4ccccc4)c4oc5ccccc5c4n3)c3c(c(N(c4ccccc4)c4ccccc4)c21)C(C)(C)c1ccccc1-3. The van der Waals surface area contributed by atoms with E-state index >= 15 is 0 Å². The number of fused-ring (bicyclic) bond motifs is 9. The van der Waals surface area contributed by atoms with Crippen molar-refractivity contribution in [2.45, 2.75) is 38.5 Å². The lowest BCUT2D eigenvalue weighted by Crippen LogP contribution is -2.26. The Bertz CT molecular complexity index is 2890. The summed E-state index contributed by atoms with van der Waals surface area (Å²) in [5.74, 6) is 0.702. The average molecular weight is 722 g/mol. The first-order valence-corrected chi connectivity index (χ1v) is 19.4. The van der Waals surface area contributed by atoms with E-state index in [0.29, 0.717) is 11.4 Å². The zero-order valence-electron chi connectivity index (χ0n) is 31.8. The molecule has 2 aliphatic carbocycles. The highest BCUT2D eigenvalue weighted by molar-refractivity contribution is 6.11. The molecule has 0 saturated carbocycles. The van der Waals surface area contributed by atoms with Gasteiger partial charge in [-0.2, -0.15) is 0 Å². The molecule has 0 unspecified atom stereocenters. The van der Waals surface area contributed by atoms with E-state index < -0.39 is 0 Å². The van der Waals surface area contributed by atoms with Crippen LogP contribution in [0, 0.1) is 0 Å². The second-order valence-electron chi connectivity index (χ2n) is 16.1. The van der Waals surface area contributed by atoms with Gasteiger partial charge in [0.15, 0.2) is 11.4 Å². The van der Waals surface area contributed by atoms with Crippen LogP contribution in [-0.4, -0.2) is 9.97 Å². The summed E-state index contributed by atoms with van der Waals surface area (Å²) in [5, 5.41) is 0.981. The lowest BCUT2D eigenvalue weighted by Gasteiger charge is -2.37. The number of aromatic nitrogens is 2. The largest absolute Gasteiger partial charge is 0.452 e. The Morgan fingerprint density at radius 1 is 0.482 bits per heavy atom. The Kier molecular flexibility index (Phi) is 6.91. The van der Waals surface area contributed by atoms with Crippen LogP contribution in [0.3, 0.4) is 0 Å². The highest BCUT2D eigenvalue weighted by Gasteiger charge is 2.49. The van der Waals surface area contributed by atoms with Crippen molar-refractivity contribution < 1.29 is 4.42 Å². The number of benzene rings is 7. The number of para-hydroxylation sites is 3. The minimum atomic E-state index is -0.369. The molecule has 4 heteroatoms. The third-order valence-corrected chi connectivity index (χ3v) is 12.2. The summed E-state index contributed by atoms with van der Waals surface area (Å²) in [5.41, 5.74) is 17.9. The number of nitrogens with zero attached hydrogens (tertiary/aromatic N) is 3. The third-order valence-electron chi connectivity index (χ3n) is 12.2. The van der Waals surface area contributed by atoms with Gasteiger partial charge in [-0.1, -0.05) is 155 Å². The van der Waals surface area contributed by atoms with Gasteiger partial charge in [0.05, 0.1) is 5.69 Å². The second-order valence-corrected chi connectivity index (χ2v) is 16.1. The molecule has 0 fully saturated rings. The van der Waals surface area contributed by atoms with E-state index in [0.717, 1.165) is 44.7 Å². The van der Waals surface area contributed by atoms with Gasteiger partial charge in [0.1, 0.15) is 16.8 Å². The van der Waals surface area contributed by atoms with E-state index in [-0.39, 0.29) is 10.8 Å². The van der Waals surface area contributed by atoms with Crippen LogP contribution < -0.4 is 4.90 Å². The molecule has 0 N–H and O–H groups in total. The fourth-order valence-corrected chi connectivity index (χ4v) is 9.76. The lowest BCUT2D eigenvalue weighted by molar-refractivity contribution is 0.640. The molecule has 2 aliphatic rings. The van der Waals surface area contributed by atoms with Crippen molar-refractivity contribution in [3.63, 3.8) is 0 Å². The molecule has 0 spiro atoms. The normalized spacial score (nSPS) is 14.4. The Hall–Kier alpha value is -6.78. The van der Waals surface area contributed by atoms with Gasteiger partial charge in [-0.05, 0) is 80.9 Å². The molecule has 2 aromatic heterocycles. The Morgan fingerprint density at radius 2 is 0.964 bits per heavy atom. The molecule has 9 aromatic rings. The fraction of sp³-hybridized carbons (Fsp3) is 0.115. The Labute approximate surface area is 326 Å². The van der Waals surface area contributed by atoms with E-state index in [1.807, 2.05) is 18.2 Å². The first-order chi connectivity index (χ1) is 27.3. The molecule has 0 radical (unpaired) electrons. The van der Waals surface area contributed by atoms with Crippen LogP contribution in [0.4, 0.5) is 17.1 Å². The summed E-state index contributed by atoms with van der Waals surface area (Å²) in [7, 11) is 0.